The van der Waals surface area contributed by atoms with Crippen LogP contribution in [0.2, 0.25) is 0 Å². The smallest absolute Gasteiger partial charge is 0.237 e. The maximum Gasteiger partial charge on any atom is 0.237 e. The number of halogens is 1. The van der Waals surface area contributed by atoms with Crippen molar-refractivity contribution in [2.45, 2.75) is 80.4 Å². The van der Waals surface area contributed by atoms with Gasteiger partial charge in [-0.25, -0.2) is 0 Å². The third-order valence-corrected chi connectivity index (χ3v) is 6.51. The molecule has 0 spiro atoms. The SMILES string of the molecule is [2H][13C]([2H])([2H])N1C[C@H](CCC)C[C@H]1C(=O)N[C@@H]([C@H]1O[C@H](SC)[C@H](O)[C@@H](O)[C@H]1O)[C@H](C)Cl. The molecule has 0 bridgehead atoms. The zero-order chi connectivity index (χ0) is 22.8. The summed E-state index contributed by atoms with van der Waals surface area (Å²) in [5.74, 6) is -0.397. The lowest BCUT2D eigenvalue weighted by Crippen LogP contribution is -2.65. The number of hydrogen-bond donors (Lipinski definition) is 4. The molecule has 2 aliphatic heterocycles. The highest BCUT2D eigenvalue weighted by Gasteiger charge is 2.48. The lowest BCUT2D eigenvalue weighted by Gasteiger charge is -2.44. The molecule has 158 valence electrons. The summed E-state index contributed by atoms with van der Waals surface area (Å²) in [7, 11) is 0. The van der Waals surface area contributed by atoms with Crippen molar-refractivity contribution in [1.29, 1.82) is 0 Å². The van der Waals surface area contributed by atoms with Crippen LogP contribution in [0.5, 0.6) is 0 Å². The first-order valence-corrected chi connectivity index (χ1v) is 11.1. The topological polar surface area (TPSA) is 102 Å². The second-order valence-electron chi connectivity index (χ2n) is 7.45. The predicted molar refractivity (Wildman–Crippen MR) is 107 cm³/mol. The molecule has 0 aromatic rings. The third-order valence-electron chi connectivity index (χ3n) is 5.38. The van der Waals surface area contributed by atoms with Gasteiger partial charge in [0.05, 0.1) is 17.5 Å². The van der Waals surface area contributed by atoms with Crippen LogP contribution in [0, 0.1) is 5.92 Å². The highest BCUT2D eigenvalue weighted by atomic mass is 35.5. The van der Waals surface area contributed by atoms with Gasteiger partial charge < -0.3 is 25.4 Å². The Balaban J connectivity index is 2.20. The normalized spacial score (nSPS) is 42.0. The number of amides is 1. The van der Waals surface area contributed by atoms with E-state index >= 15 is 0 Å². The molecule has 0 aromatic heterocycles. The van der Waals surface area contributed by atoms with Gasteiger partial charge >= 0.3 is 0 Å². The lowest BCUT2D eigenvalue weighted by atomic mass is 9.92. The van der Waals surface area contributed by atoms with Gasteiger partial charge in [-0.15, -0.1) is 23.4 Å². The molecule has 2 aliphatic rings. The van der Waals surface area contributed by atoms with Crippen molar-refractivity contribution >= 4 is 29.3 Å². The number of likely N-dealkylation sites (N-methyl/N-ethyl adjacent to an activating group) is 1. The molecular formula is C18H33ClN2O5S. The van der Waals surface area contributed by atoms with Crippen LogP contribution in [0.3, 0.4) is 0 Å². The Hall–Kier alpha value is -0.0900. The van der Waals surface area contributed by atoms with E-state index in [2.05, 4.69) is 5.32 Å². The molecular weight excluding hydrogens is 393 g/mol. The molecule has 27 heavy (non-hydrogen) atoms. The summed E-state index contributed by atoms with van der Waals surface area (Å²) in [5.41, 5.74) is -0.803. The molecule has 2 rings (SSSR count). The highest BCUT2D eigenvalue weighted by molar-refractivity contribution is 7.99. The van der Waals surface area contributed by atoms with Crippen molar-refractivity contribution in [3.8, 4) is 0 Å². The Bertz CT molecular complexity index is 587. The third kappa shape index (κ3) is 5.29. The minimum atomic E-state index is -2.41. The van der Waals surface area contributed by atoms with Gasteiger partial charge in [0.25, 0.3) is 0 Å². The average molecular weight is 429 g/mol. The molecule has 4 N–H and O–H groups in total. The molecule has 9 atom stereocenters. The summed E-state index contributed by atoms with van der Waals surface area (Å²) >= 11 is 7.46. The average Bonchev–Trinajstić information content (AvgIpc) is 3.09. The van der Waals surface area contributed by atoms with Gasteiger partial charge in [0.1, 0.15) is 29.9 Å². The number of hydrogen-bond acceptors (Lipinski definition) is 7. The zero-order valence-electron chi connectivity index (χ0n) is 18.9. The van der Waals surface area contributed by atoms with E-state index in [-0.39, 0.29) is 5.92 Å². The second kappa shape index (κ2) is 10.1. The van der Waals surface area contributed by atoms with Crippen LogP contribution in [0.25, 0.3) is 0 Å². The fourth-order valence-corrected chi connectivity index (χ4v) is 4.76. The van der Waals surface area contributed by atoms with Crippen LogP contribution in [-0.2, 0) is 9.53 Å². The van der Waals surface area contributed by atoms with E-state index in [0.29, 0.717) is 13.0 Å². The summed E-state index contributed by atoms with van der Waals surface area (Å²) in [5, 5.41) is 32.8. The number of ether oxygens (including phenoxy) is 1. The standard InChI is InChI=1S/C18H33ClN2O5S/c1-5-6-10-7-11(21(3)8-10)17(25)20-12(9(2)19)16-14(23)13(22)15(24)18(26-16)27-4/h9-16,18,22-24H,5-8H2,1-4H3,(H,20,25)/t9-,10+,11-,12+,13-,14+,15+,16+,18+/m0/s1/i3+1D3. The Morgan fingerprint density at radius 2 is 2.11 bits per heavy atom. The van der Waals surface area contributed by atoms with E-state index in [4.69, 9.17) is 20.5 Å². The fraction of sp³-hybridized carbons (Fsp3) is 0.944. The van der Waals surface area contributed by atoms with E-state index in [1.165, 1.54) is 4.90 Å². The molecule has 0 unspecified atom stereocenters. The van der Waals surface area contributed by atoms with E-state index in [0.717, 1.165) is 24.6 Å². The summed E-state index contributed by atoms with van der Waals surface area (Å²) < 4.78 is 29.1. The highest BCUT2D eigenvalue weighted by Crippen LogP contribution is 2.31. The van der Waals surface area contributed by atoms with Crippen LogP contribution in [0.4, 0.5) is 0 Å². The zero-order valence-corrected chi connectivity index (χ0v) is 17.5. The molecule has 2 saturated heterocycles. The predicted octanol–water partition coefficient (Wildman–Crippen LogP) is 0.390. The number of carbonyl (C=O) groups is 1. The summed E-state index contributed by atoms with van der Waals surface area (Å²) in [4.78, 5) is 14.3. The van der Waals surface area contributed by atoms with E-state index in [9.17, 15) is 20.1 Å². The Kier molecular flexibility index (Phi) is 7.07. The first-order chi connectivity index (χ1) is 13.9. The summed E-state index contributed by atoms with van der Waals surface area (Å²) in [6, 6.07) is -1.74. The quantitative estimate of drug-likeness (QED) is 0.343. The number of rotatable bonds is 7. The van der Waals surface area contributed by atoms with Crippen LogP contribution in [0.15, 0.2) is 0 Å². The van der Waals surface area contributed by atoms with Crippen molar-refractivity contribution in [3.05, 3.63) is 0 Å². The molecule has 0 saturated carbocycles. The van der Waals surface area contributed by atoms with Gasteiger partial charge in [0, 0.05) is 10.7 Å². The molecule has 7 nitrogen and oxygen atoms in total. The number of nitrogens with one attached hydrogen (secondary N) is 1. The van der Waals surface area contributed by atoms with Crippen molar-refractivity contribution in [2.24, 2.45) is 5.92 Å². The van der Waals surface area contributed by atoms with E-state index in [1.807, 2.05) is 6.92 Å². The number of likely N-dealkylation sites (tertiary alicyclic amines) is 1. The Morgan fingerprint density at radius 3 is 2.67 bits per heavy atom. The fourth-order valence-electron chi connectivity index (χ4n) is 3.87. The first-order valence-electron chi connectivity index (χ1n) is 10.9. The van der Waals surface area contributed by atoms with E-state index in [1.54, 1.807) is 13.2 Å². The second-order valence-corrected chi connectivity index (χ2v) is 9.07. The van der Waals surface area contributed by atoms with Crippen LogP contribution >= 0.6 is 23.4 Å². The molecule has 0 aliphatic carbocycles. The van der Waals surface area contributed by atoms with Crippen molar-refractivity contribution < 1.29 is 29.0 Å². The molecule has 0 aromatic carbocycles. The van der Waals surface area contributed by atoms with E-state index < -0.39 is 60.2 Å². The van der Waals surface area contributed by atoms with Gasteiger partial charge in [-0.3, -0.25) is 9.69 Å². The van der Waals surface area contributed by atoms with Gasteiger partial charge in [0.15, 0.2) is 0 Å². The van der Waals surface area contributed by atoms with Gasteiger partial charge in [0.2, 0.25) is 5.91 Å². The lowest BCUT2D eigenvalue weighted by molar-refractivity contribution is -0.205. The van der Waals surface area contributed by atoms with Crippen molar-refractivity contribution in [3.63, 3.8) is 0 Å². The molecule has 0 radical (unpaired) electrons. The molecule has 2 heterocycles. The monoisotopic (exact) mass is 428 g/mol. The minimum absolute atomic E-state index is 0.104. The largest absolute Gasteiger partial charge is 0.388 e. The summed E-state index contributed by atoms with van der Waals surface area (Å²) in [6.07, 6.45) is -1.45. The maximum atomic E-state index is 13.1. The van der Waals surface area contributed by atoms with Crippen molar-refractivity contribution in [2.75, 3.05) is 19.8 Å². The number of alkyl halides is 1. The number of aliphatic hydroxyl groups is 3. The van der Waals surface area contributed by atoms with Gasteiger partial charge in [-0.1, -0.05) is 13.3 Å². The number of carbonyl (C=O) groups excluding carboxylic acids is 1. The Morgan fingerprint density at radius 1 is 1.41 bits per heavy atom. The molecule has 1 amide bonds. The van der Waals surface area contributed by atoms with Gasteiger partial charge in [-0.2, -0.15) is 0 Å². The first kappa shape index (κ1) is 18.9. The number of nitrogens with zero attached hydrogens (tertiary/aromatic N) is 1. The Labute approximate surface area is 175 Å². The van der Waals surface area contributed by atoms with Crippen LogP contribution < -0.4 is 5.32 Å². The number of thioether (sulfide) groups is 1. The summed E-state index contributed by atoms with van der Waals surface area (Å²) in [6.45, 7) is 1.54. The van der Waals surface area contributed by atoms with Crippen LogP contribution in [-0.4, -0.2) is 93.2 Å². The minimum Gasteiger partial charge on any atom is -0.388 e. The molecule has 2 fully saturated rings. The van der Waals surface area contributed by atoms with Gasteiger partial charge in [-0.05, 0) is 38.9 Å². The maximum absolute atomic E-state index is 13.1. The molecule has 9 heteroatoms. The van der Waals surface area contributed by atoms with Crippen LogP contribution in [0.1, 0.15) is 37.2 Å². The number of aliphatic hydroxyl groups excluding tert-OH is 3. The van der Waals surface area contributed by atoms with Crippen molar-refractivity contribution in [1.82, 2.24) is 10.2 Å².